The molecule has 0 saturated carbocycles. The fraction of sp³-hybridized carbons (Fsp3) is 0.300. The van der Waals surface area contributed by atoms with Gasteiger partial charge in [-0.05, 0) is 19.1 Å². The van der Waals surface area contributed by atoms with Crippen molar-refractivity contribution in [2.45, 2.75) is 19.1 Å². The number of nitrogens with zero attached hydrogens (tertiary/aromatic N) is 1. The number of hydrogen-bond acceptors (Lipinski definition) is 2. The van der Waals surface area contributed by atoms with Gasteiger partial charge in [0.1, 0.15) is 11.8 Å². The summed E-state index contributed by atoms with van der Waals surface area (Å²) in [5.74, 6) is 0. The van der Waals surface area contributed by atoms with E-state index < -0.39 is 0 Å². The van der Waals surface area contributed by atoms with Crippen molar-refractivity contribution in [3.8, 4) is 0 Å². The molecule has 1 saturated heterocycles. The van der Waals surface area contributed by atoms with Crippen molar-refractivity contribution in [2.75, 3.05) is 0 Å². The Hall–Kier alpha value is -1.35. The van der Waals surface area contributed by atoms with Crippen molar-refractivity contribution >= 4 is 11.0 Å². The molecule has 2 atom stereocenters. The molecule has 3 rings (SSSR count). The fourth-order valence-electron chi connectivity index (χ4n) is 1.65. The van der Waals surface area contributed by atoms with Crippen molar-refractivity contribution in [3.05, 3.63) is 30.1 Å². The van der Waals surface area contributed by atoms with Gasteiger partial charge < -0.3 is 9.72 Å². The van der Waals surface area contributed by atoms with Crippen LogP contribution in [0.15, 0.2) is 24.5 Å². The third-order valence-corrected chi connectivity index (χ3v) is 2.46. The molecule has 2 aromatic rings. The highest BCUT2D eigenvalue weighted by Crippen LogP contribution is 2.38. The summed E-state index contributed by atoms with van der Waals surface area (Å²) in [6.07, 6.45) is 4.41. The van der Waals surface area contributed by atoms with Gasteiger partial charge >= 0.3 is 0 Å². The quantitative estimate of drug-likeness (QED) is 0.672. The summed E-state index contributed by atoms with van der Waals surface area (Å²) >= 11 is 0. The van der Waals surface area contributed by atoms with Gasteiger partial charge in [-0.3, -0.25) is 0 Å². The Balaban J connectivity index is 2.10. The van der Waals surface area contributed by atoms with Crippen LogP contribution in [0.1, 0.15) is 18.6 Å². The highest BCUT2D eigenvalue weighted by atomic mass is 16.6. The second-order valence-corrected chi connectivity index (χ2v) is 3.45. The van der Waals surface area contributed by atoms with Crippen LogP contribution in [0.5, 0.6) is 0 Å². The number of fused-ring (bicyclic) bond motifs is 1. The number of aromatic amines is 1. The monoisotopic (exact) mass is 174 g/mol. The van der Waals surface area contributed by atoms with Crippen LogP contribution in [0, 0.1) is 0 Å². The molecule has 3 heteroatoms. The molecule has 0 aliphatic carbocycles. The molecular weight excluding hydrogens is 164 g/mol. The fourth-order valence-corrected chi connectivity index (χ4v) is 1.65. The highest BCUT2D eigenvalue weighted by Gasteiger charge is 2.35. The average Bonchev–Trinajstić information content (AvgIpc) is 2.70. The van der Waals surface area contributed by atoms with E-state index in [1.54, 1.807) is 0 Å². The van der Waals surface area contributed by atoms with E-state index in [-0.39, 0.29) is 6.10 Å². The topological polar surface area (TPSA) is 41.2 Å². The molecule has 0 spiro atoms. The third-order valence-electron chi connectivity index (χ3n) is 2.46. The molecule has 2 aromatic heterocycles. The van der Waals surface area contributed by atoms with Gasteiger partial charge in [0, 0.05) is 23.3 Å². The van der Waals surface area contributed by atoms with E-state index in [9.17, 15) is 0 Å². The first kappa shape index (κ1) is 7.09. The van der Waals surface area contributed by atoms with Crippen molar-refractivity contribution in [3.63, 3.8) is 0 Å². The minimum Gasteiger partial charge on any atom is -0.365 e. The Kier molecular flexibility index (Phi) is 1.27. The smallest absolute Gasteiger partial charge is 0.137 e. The minimum absolute atomic E-state index is 0.270. The van der Waals surface area contributed by atoms with Crippen LogP contribution in [0.25, 0.3) is 11.0 Å². The number of nitrogens with one attached hydrogen (secondary N) is 1. The lowest BCUT2D eigenvalue weighted by Gasteiger charge is -1.94. The van der Waals surface area contributed by atoms with Crippen LogP contribution in [-0.2, 0) is 4.74 Å². The van der Waals surface area contributed by atoms with Crippen LogP contribution >= 0.6 is 0 Å². The zero-order chi connectivity index (χ0) is 8.84. The molecule has 1 N–H and O–H groups in total. The van der Waals surface area contributed by atoms with E-state index in [0.29, 0.717) is 6.10 Å². The first-order chi connectivity index (χ1) is 6.34. The Labute approximate surface area is 75.7 Å². The summed E-state index contributed by atoms with van der Waals surface area (Å²) < 4.78 is 5.38. The van der Waals surface area contributed by atoms with Crippen LogP contribution < -0.4 is 0 Å². The summed E-state index contributed by atoms with van der Waals surface area (Å²) in [6, 6.07) is 4.16. The predicted molar refractivity (Wildman–Crippen MR) is 49.4 cm³/mol. The second-order valence-electron chi connectivity index (χ2n) is 3.45. The number of rotatable bonds is 1. The van der Waals surface area contributed by atoms with Gasteiger partial charge in [0.2, 0.25) is 0 Å². The second kappa shape index (κ2) is 2.33. The van der Waals surface area contributed by atoms with Crippen LogP contribution in [0.2, 0.25) is 0 Å². The summed E-state index contributed by atoms with van der Waals surface area (Å²) in [5, 5.41) is 1.15. The minimum atomic E-state index is 0.270. The number of hydrogen-bond donors (Lipinski definition) is 1. The summed E-state index contributed by atoms with van der Waals surface area (Å²) in [7, 11) is 0. The lowest BCUT2D eigenvalue weighted by Crippen LogP contribution is -1.85. The summed E-state index contributed by atoms with van der Waals surface area (Å²) in [4.78, 5) is 7.37. The molecule has 0 aromatic carbocycles. The van der Waals surface area contributed by atoms with Gasteiger partial charge in [-0.25, -0.2) is 4.98 Å². The Morgan fingerprint density at radius 2 is 2.38 bits per heavy atom. The maximum Gasteiger partial charge on any atom is 0.137 e. The van der Waals surface area contributed by atoms with Gasteiger partial charge in [-0.1, -0.05) is 0 Å². The molecule has 1 aliphatic heterocycles. The molecule has 13 heavy (non-hydrogen) atoms. The van der Waals surface area contributed by atoms with E-state index in [0.717, 1.165) is 11.0 Å². The summed E-state index contributed by atoms with van der Waals surface area (Å²) in [5.41, 5.74) is 2.12. The normalized spacial score (nSPS) is 26.5. The van der Waals surface area contributed by atoms with Crippen LogP contribution in [-0.4, -0.2) is 16.1 Å². The van der Waals surface area contributed by atoms with E-state index in [2.05, 4.69) is 23.0 Å². The van der Waals surface area contributed by atoms with Gasteiger partial charge in [0.05, 0.1) is 6.10 Å². The molecule has 3 heterocycles. The largest absolute Gasteiger partial charge is 0.365 e. The molecule has 0 radical (unpaired) electrons. The zero-order valence-electron chi connectivity index (χ0n) is 7.32. The number of aromatic nitrogens is 2. The Morgan fingerprint density at radius 3 is 3.15 bits per heavy atom. The van der Waals surface area contributed by atoms with Gasteiger partial charge in [0.25, 0.3) is 0 Å². The number of pyridine rings is 1. The van der Waals surface area contributed by atoms with E-state index in [1.165, 1.54) is 5.56 Å². The van der Waals surface area contributed by atoms with E-state index in [4.69, 9.17) is 4.74 Å². The highest BCUT2D eigenvalue weighted by molar-refractivity contribution is 5.75. The van der Waals surface area contributed by atoms with Crippen molar-refractivity contribution in [2.24, 2.45) is 0 Å². The average molecular weight is 174 g/mol. The first-order valence-corrected chi connectivity index (χ1v) is 4.43. The molecule has 1 fully saturated rings. The van der Waals surface area contributed by atoms with Crippen molar-refractivity contribution < 1.29 is 4.74 Å². The maximum absolute atomic E-state index is 5.38. The molecule has 0 amide bonds. The molecule has 2 unspecified atom stereocenters. The van der Waals surface area contributed by atoms with Crippen LogP contribution in [0.3, 0.4) is 0 Å². The van der Waals surface area contributed by atoms with Gasteiger partial charge in [-0.2, -0.15) is 0 Å². The standard InChI is InChI=1S/C10H10N2O/c1-6-9(13-6)8-4-7-2-3-11-10(7)12-5-8/h2-6,9H,1H3,(H,11,12). The molecule has 0 bridgehead atoms. The Morgan fingerprint density at radius 1 is 1.54 bits per heavy atom. The molecule has 66 valence electrons. The zero-order valence-corrected chi connectivity index (χ0v) is 7.32. The maximum atomic E-state index is 5.38. The van der Waals surface area contributed by atoms with E-state index >= 15 is 0 Å². The molecule has 3 nitrogen and oxygen atoms in total. The number of H-pyrrole nitrogens is 1. The third kappa shape index (κ3) is 1.04. The SMILES string of the molecule is CC1OC1c1cnc2[nH]ccc2c1. The molecule has 1 aliphatic rings. The van der Waals surface area contributed by atoms with Crippen LogP contribution in [0.4, 0.5) is 0 Å². The summed E-state index contributed by atoms with van der Waals surface area (Å²) in [6.45, 7) is 2.08. The lowest BCUT2D eigenvalue weighted by molar-refractivity contribution is 0.383. The number of ether oxygens (including phenoxy) is 1. The Bertz CT molecular complexity index is 449. The van der Waals surface area contributed by atoms with E-state index in [1.807, 2.05) is 18.5 Å². The molecular formula is C10H10N2O. The number of epoxide rings is 1. The predicted octanol–water partition coefficient (Wildman–Crippen LogP) is 2.02. The lowest BCUT2D eigenvalue weighted by atomic mass is 10.1. The van der Waals surface area contributed by atoms with Crippen molar-refractivity contribution in [1.29, 1.82) is 0 Å². The first-order valence-electron chi connectivity index (χ1n) is 4.43. The van der Waals surface area contributed by atoms with Gasteiger partial charge in [0.15, 0.2) is 0 Å². The van der Waals surface area contributed by atoms with Gasteiger partial charge in [-0.15, -0.1) is 0 Å². The van der Waals surface area contributed by atoms with Crippen molar-refractivity contribution in [1.82, 2.24) is 9.97 Å².